The van der Waals surface area contributed by atoms with Gasteiger partial charge in [-0.15, -0.1) is 22.7 Å². The van der Waals surface area contributed by atoms with Crippen LogP contribution in [0.2, 0.25) is 12.1 Å². The first-order chi connectivity index (χ1) is 30.2. The molecule has 5 heteroatoms. The minimum absolute atomic E-state index is 1.15. The van der Waals surface area contributed by atoms with Crippen molar-refractivity contribution < 1.29 is 0 Å². The Morgan fingerprint density at radius 1 is 0.361 bits per heavy atom. The quantitative estimate of drug-likeness (QED) is 0.111. The molecule has 4 heterocycles. The van der Waals surface area contributed by atoms with E-state index >= 15 is 0 Å². The summed E-state index contributed by atoms with van der Waals surface area (Å²) >= 11 is 3.99. The third-order valence-corrected chi connectivity index (χ3v) is 20.3. The van der Waals surface area contributed by atoms with E-state index in [1.54, 1.807) is 10.4 Å². The third-order valence-electron chi connectivity index (χ3n) is 12.7. The van der Waals surface area contributed by atoms with Gasteiger partial charge in [0.25, 0.3) is 0 Å². The lowest BCUT2D eigenvalue weighted by molar-refractivity contribution is 1.30. The van der Waals surface area contributed by atoms with Crippen molar-refractivity contribution in [2.75, 3.05) is 9.80 Å². The van der Waals surface area contributed by atoms with Crippen LogP contribution in [0, 0.1) is 0 Å². The molecule has 0 atom stereocenters. The van der Waals surface area contributed by atoms with Crippen LogP contribution < -0.4 is 20.2 Å². The molecule has 2 aromatic heterocycles. The summed E-state index contributed by atoms with van der Waals surface area (Å²) < 4.78 is 0. The van der Waals surface area contributed by atoms with Crippen LogP contribution in [0.5, 0.6) is 0 Å². The van der Waals surface area contributed by atoms with Crippen molar-refractivity contribution in [3.63, 3.8) is 0 Å². The molecule has 0 bridgehead atoms. The Morgan fingerprint density at radius 2 is 0.738 bits per heavy atom. The molecule has 0 amide bonds. The van der Waals surface area contributed by atoms with Gasteiger partial charge in [0.05, 0.1) is 11.4 Å². The van der Waals surface area contributed by atoms with Crippen LogP contribution >= 0.6 is 22.7 Å². The summed E-state index contributed by atoms with van der Waals surface area (Å²) in [5.74, 6) is 0. The Hall–Kier alpha value is -6.76. The van der Waals surface area contributed by atoms with Crippen LogP contribution in [-0.4, -0.2) is 8.07 Å². The summed E-state index contributed by atoms with van der Waals surface area (Å²) in [6.45, 7) is 0. The molecule has 0 aliphatic carbocycles. The Kier molecular flexibility index (Phi) is 8.73. The zero-order chi connectivity index (χ0) is 40.3. The van der Waals surface area contributed by atoms with Crippen molar-refractivity contribution in [1.29, 1.82) is 0 Å². The Labute approximate surface area is 365 Å². The predicted octanol–water partition coefficient (Wildman–Crippen LogP) is 15.5. The van der Waals surface area contributed by atoms with E-state index in [1.807, 2.05) is 22.7 Å². The number of fused-ring (bicyclic) bond motifs is 7. The molecule has 10 aromatic rings. The van der Waals surface area contributed by atoms with Gasteiger partial charge in [-0.2, -0.15) is 0 Å². The van der Waals surface area contributed by atoms with Crippen molar-refractivity contribution in [3.05, 3.63) is 218 Å². The first-order valence-corrected chi connectivity index (χ1v) is 25.1. The number of hydrogen-bond donors (Lipinski definition) is 0. The number of rotatable bonds is 8. The zero-order valence-corrected chi connectivity index (χ0v) is 36.0. The Morgan fingerprint density at radius 3 is 1.18 bits per heavy atom. The van der Waals surface area contributed by atoms with Gasteiger partial charge >= 0.3 is 0 Å². The molecular formula is C56H40N2S2Si. The second kappa shape index (κ2) is 14.8. The molecule has 12 rings (SSSR count). The normalized spacial score (nSPS) is 13.5. The first kappa shape index (κ1) is 36.1. The average molecular weight is 833 g/mol. The fraction of sp³-hybridized carbons (Fsp3) is 0.0357. The molecule has 2 aliphatic rings. The van der Waals surface area contributed by atoms with Crippen LogP contribution in [0.3, 0.4) is 0 Å². The maximum atomic E-state index is 2.57. The van der Waals surface area contributed by atoms with E-state index in [4.69, 9.17) is 0 Å². The van der Waals surface area contributed by atoms with Gasteiger partial charge in [0, 0.05) is 53.0 Å². The van der Waals surface area contributed by atoms with E-state index in [-0.39, 0.29) is 0 Å². The van der Waals surface area contributed by atoms with Gasteiger partial charge in [-0.3, -0.25) is 0 Å². The van der Waals surface area contributed by atoms with Crippen molar-refractivity contribution in [3.8, 4) is 30.6 Å². The molecule has 2 nitrogen and oxygen atoms in total. The standard InChI is InChI=1S/C56H40N2S2Si/c1-3-19-43(20-4-1)57(49-25-13-17-39-15-7-9-23-47(39)49)45-31-27-41(28-32-45)51-37-53-55(59-51)56-54(61(53)35-11-12-36-61)38-52(60-56)42-29-33-46(34-30-42)58(44-21-5-2-6-22-44)50-26-14-18-40-16-8-10-24-48(40)50/h1-34,37-38H,35-36H2. The van der Waals surface area contributed by atoms with E-state index in [9.17, 15) is 0 Å². The molecule has 61 heavy (non-hydrogen) atoms. The summed E-state index contributed by atoms with van der Waals surface area (Å²) in [7, 11) is -1.93. The zero-order valence-electron chi connectivity index (χ0n) is 33.4. The molecule has 0 N–H and O–H groups in total. The van der Waals surface area contributed by atoms with Crippen LogP contribution in [0.4, 0.5) is 34.1 Å². The highest BCUT2D eigenvalue weighted by molar-refractivity contribution is 7.31. The number of anilines is 6. The molecule has 0 fully saturated rings. The number of para-hydroxylation sites is 2. The van der Waals surface area contributed by atoms with Gasteiger partial charge < -0.3 is 9.80 Å². The van der Waals surface area contributed by atoms with Gasteiger partial charge in [-0.1, -0.05) is 146 Å². The van der Waals surface area contributed by atoms with Gasteiger partial charge in [0.1, 0.15) is 8.07 Å². The smallest absolute Gasteiger partial charge is 0.129 e. The first-order valence-electron chi connectivity index (χ1n) is 21.0. The van der Waals surface area contributed by atoms with Crippen molar-refractivity contribution in [2.45, 2.75) is 12.1 Å². The van der Waals surface area contributed by atoms with E-state index in [0.29, 0.717) is 0 Å². The van der Waals surface area contributed by atoms with Crippen molar-refractivity contribution in [1.82, 2.24) is 0 Å². The second-order valence-electron chi connectivity index (χ2n) is 16.1. The molecule has 8 aromatic carbocycles. The molecule has 1 spiro atoms. The van der Waals surface area contributed by atoms with Gasteiger partial charge in [-0.25, -0.2) is 0 Å². The van der Waals surface area contributed by atoms with Crippen LogP contribution in [-0.2, 0) is 0 Å². The van der Waals surface area contributed by atoms with Gasteiger partial charge in [0.15, 0.2) is 0 Å². The third kappa shape index (κ3) is 6.03. The Balaban J connectivity index is 0.890. The Bertz CT molecular complexity index is 3030. The van der Waals surface area contributed by atoms with E-state index in [0.717, 1.165) is 22.7 Å². The highest BCUT2D eigenvalue weighted by Crippen LogP contribution is 2.49. The largest absolute Gasteiger partial charge is 0.310 e. The SMILES string of the molecule is C1=CC[Si]2(C1)c1cc(-c3ccc(N(c4ccccc4)c4cccc5ccccc45)cc3)sc1-c1sc(-c3ccc(N(c4ccccc4)c4cccc5ccccc45)cc3)cc12. The maximum absolute atomic E-state index is 2.57. The van der Waals surface area contributed by atoms with Crippen molar-refractivity contribution in [2.24, 2.45) is 0 Å². The van der Waals surface area contributed by atoms with Crippen LogP contribution in [0.1, 0.15) is 0 Å². The summed E-state index contributed by atoms with van der Waals surface area (Å²) in [6, 6.07) is 78.1. The maximum Gasteiger partial charge on any atom is 0.129 e. The molecular weight excluding hydrogens is 793 g/mol. The number of benzene rings is 8. The lowest BCUT2D eigenvalue weighted by Crippen LogP contribution is -2.52. The van der Waals surface area contributed by atoms with Gasteiger partial charge in [-0.05, 0) is 117 Å². The minimum atomic E-state index is -1.93. The van der Waals surface area contributed by atoms with Crippen LogP contribution in [0.15, 0.2) is 218 Å². The summed E-state index contributed by atoms with van der Waals surface area (Å²) in [5.41, 5.74) is 9.54. The molecule has 0 radical (unpaired) electrons. The lowest BCUT2D eigenvalue weighted by Gasteiger charge is -2.27. The molecule has 290 valence electrons. The summed E-state index contributed by atoms with van der Waals surface area (Å²) in [4.78, 5) is 10.5. The van der Waals surface area contributed by atoms with Crippen LogP contribution in [0.25, 0.3) is 52.2 Å². The number of hydrogen-bond acceptors (Lipinski definition) is 4. The fourth-order valence-corrected chi connectivity index (χ4v) is 18.3. The van der Waals surface area contributed by atoms with Gasteiger partial charge in [0.2, 0.25) is 0 Å². The number of nitrogens with zero attached hydrogens (tertiary/aromatic N) is 2. The number of thiophene rings is 2. The topological polar surface area (TPSA) is 6.48 Å². The van der Waals surface area contributed by atoms with E-state index in [2.05, 4.69) is 228 Å². The van der Waals surface area contributed by atoms with Crippen molar-refractivity contribution >= 4 is 96.8 Å². The molecule has 0 unspecified atom stereocenters. The summed E-state index contributed by atoms with van der Waals surface area (Å²) in [5, 5.41) is 8.24. The fourth-order valence-electron chi connectivity index (χ4n) is 9.72. The summed E-state index contributed by atoms with van der Waals surface area (Å²) in [6.07, 6.45) is 4.92. The average Bonchev–Trinajstić information content (AvgIpc) is 4.14. The highest BCUT2D eigenvalue weighted by Gasteiger charge is 2.48. The molecule has 0 saturated heterocycles. The lowest BCUT2D eigenvalue weighted by atomic mass is 10.1. The molecule has 2 aliphatic heterocycles. The monoisotopic (exact) mass is 832 g/mol. The minimum Gasteiger partial charge on any atom is -0.310 e. The van der Waals surface area contributed by atoms with E-state index < -0.39 is 8.07 Å². The number of allylic oxidation sites excluding steroid dienone is 2. The predicted molar refractivity (Wildman–Crippen MR) is 267 cm³/mol. The second-order valence-corrected chi connectivity index (χ2v) is 22.3. The highest BCUT2D eigenvalue weighted by atomic mass is 32.1. The van der Waals surface area contributed by atoms with E-state index in [1.165, 1.54) is 75.6 Å². The molecule has 0 saturated carbocycles.